The van der Waals surface area contributed by atoms with E-state index in [2.05, 4.69) is 22.4 Å². The van der Waals surface area contributed by atoms with E-state index in [1.165, 1.54) is 0 Å². The molecule has 31 heavy (non-hydrogen) atoms. The number of aryl methyl sites for hydroxylation is 1. The van der Waals surface area contributed by atoms with Crippen molar-refractivity contribution in [3.8, 4) is 0 Å². The Morgan fingerprint density at radius 3 is 2.65 bits per heavy atom. The van der Waals surface area contributed by atoms with Gasteiger partial charge in [-0.1, -0.05) is 23.9 Å². The lowest BCUT2D eigenvalue weighted by molar-refractivity contribution is -0.141. The molecule has 1 aromatic carbocycles. The van der Waals surface area contributed by atoms with E-state index in [1.807, 2.05) is 40.8 Å². The van der Waals surface area contributed by atoms with E-state index in [0.29, 0.717) is 39.0 Å². The summed E-state index contributed by atoms with van der Waals surface area (Å²) in [7, 11) is 1.91. The monoisotopic (exact) mass is 444 g/mol. The highest BCUT2D eigenvalue weighted by atomic mass is 32.2. The van der Waals surface area contributed by atoms with E-state index in [9.17, 15) is 14.7 Å². The van der Waals surface area contributed by atoms with Gasteiger partial charge in [0.15, 0.2) is 5.16 Å². The Morgan fingerprint density at radius 2 is 1.97 bits per heavy atom. The number of nitrogens with one attached hydrogen (secondary N) is 1. The molecule has 1 aromatic heterocycles. The lowest BCUT2D eigenvalue weighted by Crippen LogP contribution is -2.58. The first-order chi connectivity index (χ1) is 14.9. The van der Waals surface area contributed by atoms with Gasteiger partial charge in [-0.25, -0.2) is 4.79 Å². The van der Waals surface area contributed by atoms with Crippen molar-refractivity contribution in [3.63, 3.8) is 0 Å². The Morgan fingerprint density at radius 1 is 1.23 bits per heavy atom. The fourth-order valence-electron chi connectivity index (χ4n) is 3.82. The molecule has 2 aliphatic rings. The summed E-state index contributed by atoms with van der Waals surface area (Å²) in [6, 6.07) is 7.59. The second-order valence-electron chi connectivity index (χ2n) is 8.20. The second kappa shape index (κ2) is 9.27. The number of nitrogens with zero attached hydrogens (tertiary/aromatic N) is 5. The van der Waals surface area contributed by atoms with Crippen LogP contribution < -0.4 is 5.32 Å². The van der Waals surface area contributed by atoms with Crippen molar-refractivity contribution >= 4 is 29.4 Å². The topological polar surface area (TPSA) is 104 Å². The highest BCUT2D eigenvalue weighted by molar-refractivity contribution is 7.99. The molecule has 0 aliphatic carbocycles. The van der Waals surface area contributed by atoms with Crippen LogP contribution in [-0.2, 0) is 11.8 Å². The summed E-state index contributed by atoms with van der Waals surface area (Å²) in [5, 5.41) is 21.5. The highest BCUT2D eigenvalue weighted by Crippen LogP contribution is 2.34. The minimum atomic E-state index is -0.301. The van der Waals surface area contributed by atoms with Crippen LogP contribution in [0.2, 0.25) is 0 Å². The third-order valence-corrected chi connectivity index (χ3v) is 7.06. The van der Waals surface area contributed by atoms with Gasteiger partial charge in [-0.3, -0.25) is 4.79 Å². The van der Waals surface area contributed by atoms with Gasteiger partial charge in [0, 0.05) is 44.2 Å². The van der Waals surface area contributed by atoms with Crippen molar-refractivity contribution in [1.82, 2.24) is 24.6 Å². The van der Waals surface area contributed by atoms with Gasteiger partial charge in [0.25, 0.3) is 0 Å². The molecule has 2 saturated heterocycles. The van der Waals surface area contributed by atoms with Gasteiger partial charge in [-0.05, 0) is 37.5 Å². The number of anilines is 1. The van der Waals surface area contributed by atoms with Gasteiger partial charge in [0.2, 0.25) is 5.91 Å². The Hall–Kier alpha value is -2.59. The standard InChI is InChI=1S/C21H28N6O3S/c1-14(31-21-24-22-13-25(21)2)15-4-3-5-17(10-15)23-20(30)27-11-16(12-27)19(29)26-8-6-18(28)7-9-26/h3-5,10,13-14,16,18,28H,6-9,11-12H2,1-2H3,(H,23,30). The number of carbonyl (C=O) groups is 2. The van der Waals surface area contributed by atoms with Gasteiger partial charge in [0.1, 0.15) is 6.33 Å². The third kappa shape index (κ3) is 5.01. The zero-order valence-electron chi connectivity index (χ0n) is 17.8. The maximum atomic E-state index is 12.6. The van der Waals surface area contributed by atoms with Crippen molar-refractivity contribution < 1.29 is 14.7 Å². The van der Waals surface area contributed by atoms with Crippen LogP contribution in [0, 0.1) is 5.92 Å². The van der Waals surface area contributed by atoms with Crippen molar-refractivity contribution in [3.05, 3.63) is 36.2 Å². The fraction of sp³-hybridized carbons (Fsp3) is 0.524. The third-order valence-electron chi connectivity index (χ3n) is 5.85. The van der Waals surface area contributed by atoms with E-state index in [1.54, 1.807) is 23.0 Å². The Kier molecular flexibility index (Phi) is 6.47. The van der Waals surface area contributed by atoms with Crippen LogP contribution in [0.5, 0.6) is 0 Å². The quantitative estimate of drug-likeness (QED) is 0.685. The number of benzene rings is 1. The van der Waals surface area contributed by atoms with Crippen molar-refractivity contribution in [2.75, 3.05) is 31.5 Å². The number of aromatic nitrogens is 3. The molecule has 2 fully saturated rings. The molecule has 1 atom stereocenters. The van der Waals surface area contributed by atoms with Gasteiger partial charge in [0.05, 0.1) is 12.0 Å². The molecule has 4 rings (SSSR count). The van der Waals surface area contributed by atoms with Gasteiger partial charge in [-0.15, -0.1) is 10.2 Å². The van der Waals surface area contributed by atoms with Crippen molar-refractivity contribution in [2.45, 2.75) is 36.3 Å². The second-order valence-corrected chi connectivity index (χ2v) is 9.51. The van der Waals surface area contributed by atoms with Crippen LogP contribution in [0.4, 0.5) is 10.5 Å². The number of hydrogen-bond donors (Lipinski definition) is 2. The molecule has 10 heteroatoms. The number of amides is 3. The van der Waals surface area contributed by atoms with Crippen LogP contribution in [0.25, 0.3) is 0 Å². The van der Waals surface area contributed by atoms with E-state index in [4.69, 9.17) is 0 Å². The molecule has 2 N–H and O–H groups in total. The minimum absolute atomic E-state index is 0.0903. The van der Waals surface area contributed by atoms with E-state index >= 15 is 0 Å². The normalized spacial score (nSPS) is 18.5. The molecular weight excluding hydrogens is 416 g/mol. The summed E-state index contributed by atoms with van der Waals surface area (Å²) in [5.41, 5.74) is 1.81. The average Bonchev–Trinajstić information content (AvgIpc) is 3.12. The molecule has 2 aliphatic heterocycles. The maximum Gasteiger partial charge on any atom is 0.321 e. The van der Waals surface area contributed by atoms with E-state index in [-0.39, 0.29) is 29.2 Å². The Labute approximate surface area is 185 Å². The first-order valence-electron chi connectivity index (χ1n) is 10.5. The smallest absolute Gasteiger partial charge is 0.321 e. The SMILES string of the molecule is CC(Sc1nncn1C)c1cccc(NC(=O)N2CC(C(=O)N3CCC(O)CC3)C2)c1. The average molecular weight is 445 g/mol. The summed E-state index contributed by atoms with van der Waals surface area (Å²) < 4.78 is 1.88. The first kappa shape index (κ1) is 21.6. The van der Waals surface area contributed by atoms with Crippen molar-refractivity contribution in [1.29, 1.82) is 0 Å². The van der Waals surface area contributed by atoms with Gasteiger partial charge in [-0.2, -0.15) is 0 Å². The van der Waals surface area contributed by atoms with Crippen LogP contribution in [-0.4, -0.2) is 73.9 Å². The van der Waals surface area contributed by atoms with Crippen LogP contribution in [0.15, 0.2) is 35.7 Å². The summed E-state index contributed by atoms with van der Waals surface area (Å²) in [6.07, 6.45) is 2.63. The number of carbonyl (C=O) groups excluding carboxylic acids is 2. The molecule has 1 unspecified atom stereocenters. The first-order valence-corrected chi connectivity index (χ1v) is 11.4. The lowest BCUT2D eigenvalue weighted by Gasteiger charge is -2.41. The number of piperidine rings is 1. The number of likely N-dealkylation sites (tertiary alicyclic amines) is 2. The van der Waals surface area contributed by atoms with Crippen molar-refractivity contribution in [2.24, 2.45) is 13.0 Å². The largest absolute Gasteiger partial charge is 0.393 e. The number of rotatable bonds is 5. The van der Waals surface area contributed by atoms with Gasteiger partial charge < -0.3 is 24.8 Å². The predicted octanol–water partition coefficient (Wildman–Crippen LogP) is 2.12. The predicted molar refractivity (Wildman–Crippen MR) is 118 cm³/mol. The molecule has 3 heterocycles. The number of thioether (sulfide) groups is 1. The zero-order chi connectivity index (χ0) is 22.0. The van der Waals surface area contributed by atoms with Crippen LogP contribution in [0.1, 0.15) is 30.6 Å². The molecule has 0 saturated carbocycles. The number of aliphatic hydroxyl groups is 1. The highest BCUT2D eigenvalue weighted by Gasteiger charge is 2.38. The summed E-state index contributed by atoms with van der Waals surface area (Å²) >= 11 is 1.61. The zero-order valence-corrected chi connectivity index (χ0v) is 18.6. The summed E-state index contributed by atoms with van der Waals surface area (Å²) in [5.74, 6) is -0.0530. The minimum Gasteiger partial charge on any atom is -0.393 e. The Bertz CT molecular complexity index is 937. The number of urea groups is 1. The molecule has 0 radical (unpaired) electrons. The lowest BCUT2D eigenvalue weighted by atomic mass is 9.97. The molecule has 0 spiro atoms. The molecule has 9 nitrogen and oxygen atoms in total. The molecule has 3 amide bonds. The summed E-state index contributed by atoms with van der Waals surface area (Å²) in [4.78, 5) is 28.6. The van der Waals surface area contributed by atoms with E-state index in [0.717, 1.165) is 16.4 Å². The van der Waals surface area contributed by atoms with Gasteiger partial charge >= 0.3 is 6.03 Å². The fourth-order valence-corrected chi connectivity index (χ4v) is 4.73. The maximum absolute atomic E-state index is 12.6. The number of aliphatic hydroxyl groups excluding tert-OH is 1. The molecule has 2 aromatic rings. The molecule has 0 bridgehead atoms. The molecule has 166 valence electrons. The summed E-state index contributed by atoms with van der Waals surface area (Å²) in [6.45, 7) is 4.15. The Balaban J connectivity index is 1.28. The van der Waals surface area contributed by atoms with E-state index < -0.39 is 0 Å². The van der Waals surface area contributed by atoms with Crippen LogP contribution >= 0.6 is 11.8 Å². The number of hydrogen-bond acceptors (Lipinski definition) is 6. The molecular formula is C21H28N6O3S. The van der Waals surface area contributed by atoms with Crippen LogP contribution in [0.3, 0.4) is 0 Å².